The number of nitrogens with zero attached hydrogens (tertiary/aromatic N) is 6. The lowest BCUT2D eigenvalue weighted by Gasteiger charge is -2.33. The van der Waals surface area contributed by atoms with Crippen molar-refractivity contribution in [2.75, 3.05) is 38.5 Å². The molecule has 200 valence electrons. The Morgan fingerprint density at radius 1 is 1.05 bits per heavy atom. The Kier molecular flexibility index (Phi) is 7.32. The Hall–Kier alpha value is -4.27. The molecule has 39 heavy (non-hydrogen) atoms. The Balaban J connectivity index is 1.35. The third-order valence-electron chi connectivity index (χ3n) is 6.64. The molecule has 1 aliphatic heterocycles. The van der Waals surface area contributed by atoms with Gasteiger partial charge in [0.25, 0.3) is 5.91 Å². The predicted octanol–water partition coefficient (Wildman–Crippen LogP) is 3.85. The Labute approximate surface area is 223 Å². The molecule has 0 spiro atoms. The number of hydrogen-bond donors (Lipinski definition) is 1. The first kappa shape index (κ1) is 26.3. The largest absolute Gasteiger partial charge is 0.416 e. The average molecular weight is 534 g/mol. The molecule has 8 nitrogen and oxygen atoms in total. The van der Waals surface area contributed by atoms with Gasteiger partial charge in [0, 0.05) is 62.6 Å². The van der Waals surface area contributed by atoms with Crippen LogP contribution in [0.25, 0.3) is 5.65 Å². The second-order valence-corrected chi connectivity index (χ2v) is 9.49. The fourth-order valence-corrected chi connectivity index (χ4v) is 4.35. The van der Waals surface area contributed by atoms with Crippen molar-refractivity contribution in [3.8, 4) is 11.8 Å². The zero-order valence-corrected chi connectivity index (χ0v) is 21.5. The number of likely N-dealkylation sites (N-methyl/N-ethyl adjacent to an activating group) is 1. The van der Waals surface area contributed by atoms with Crippen molar-refractivity contribution in [3.63, 3.8) is 0 Å². The van der Waals surface area contributed by atoms with Crippen LogP contribution in [0.3, 0.4) is 0 Å². The summed E-state index contributed by atoms with van der Waals surface area (Å²) in [5, 5.41) is 2.56. The van der Waals surface area contributed by atoms with E-state index in [0.29, 0.717) is 30.0 Å². The van der Waals surface area contributed by atoms with Crippen LogP contribution in [0.1, 0.15) is 38.4 Å². The number of hydrogen-bond acceptors (Lipinski definition) is 6. The zero-order chi connectivity index (χ0) is 27.6. The van der Waals surface area contributed by atoms with E-state index in [1.807, 2.05) is 18.9 Å². The first-order valence-corrected chi connectivity index (χ1v) is 12.4. The topological polar surface area (TPSA) is 78.7 Å². The van der Waals surface area contributed by atoms with Gasteiger partial charge in [0.2, 0.25) is 0 Å². The highest BCUT2D eigenvalue weighted by Crippen LogP contribution is 2.34. The number of carbonyl (C=O) groups is 1. The van der Waals surface area contributed by atoms with Crippen LogP contribution in [-0.2, 0) is 12.7 Å². The van der Waals surface area contributed by atoms with Gasteiger partial charge in [-0.05, 0) is 49.2 Å². The van der Waals surface area contributed by atoms with Gasteiger partial charge in [0.15, 0.2) is 5.65 Å². The minimum Gasteiger partial charge on any atom is -0.321 e. The van der Waals surface area contributed by atoms with Gasteiger partial charge >= 0.3 is 6.18 Å². The molecule has 0 aliphatic carbocycles. The van der Waals surface area contributed by atoms with Crippen LogP contribution in [0.15, 0.2) is 55.2 Å². The number of carbonyl (C=O) groups excluding carboxylic acids is 1. The van der Waals surface area contributed by atoms with Gasteiger partial charge in [-0.3, -0.25) is 24.1 Å². The van der Waals surface area contributed by atoms with E-state index in [1.54, 1.807) is 29.2 Å². The molecule has 0 bridgehead atoms. The summed E-state index contributed by atoms with van der Waals surface area (Å²) in [6, 6.07) is 5.43. The van der Waals surface area contributed by atoms with Gasteiger partial charge in [0.1, 0.15) is 11.4 Å². The number of alkyl halides is 3. The van der Waals surface area contributed by atoms with Crippen LogP contribution >= 0.6 is 0 Å². The van der Waals surface area contributed by atoms with E-state index in [-0.39, 0.29) is 23.5 Å². The maximum Gasteiger partial charge on any atom is 0.416 e. The number of halogens is 3. The number of anilines is 1. The molecule has 5 rings (SSSR count). The molecular weight excluding hydrogens is 507 g/mol. The van der Waals surface area contributed by atoms with Crippen LogP contribution in [0.5, 0.6) is 0 Å². The molecule has 3 aromatic heterocycles. The Morgan fingerprint density at radius 2 is 1.85 bits per heavy atom. The standard InChI is InChI=1S/C28H26F3N7O/c1-19-15-33-25(13-20(19)4-6-23-16-34-26-17-32-7-8-38(23)26)27(39)35-22-5-3-21(24(14-22)28(29,30)31)18-37-11-9-36(2)10-12-37/h3,5,7-8,13-17H,9-12,18H2,1-2H3,(H,35,39). The lowest BCUT2D eigenvalue weighted by Crippen LogP contribution is -2.44. The molecule has 1 amide bonds. The van der Waals surface area contributed by atoms with Crippen molar-refractivity contribution in [3.05, 3.63) is 88.9 Å². The van der Waals surface area contributed by atoms with E-state index in [1.165, 1.54) is 24.4 Å². The average Bonchev–Trinajstić information content (AvgIpc) is 3.33. The fourth-order valence-electron chi connectivity index (χ4n) is 4.35. The molecule has 0 saturated carbocycles. The fraction of sp³-hybridized carbons (Fsp3) is 0.286. The van der Waals surface area contributed by atoms with Crippen molar-refractivity contribution in [2.45, 2.75) is 19.6 Å². The third-order valence-corrected chi connectivity index (χ3v) is 6.64. The summed E-state index contributed by atoms with van der Waals surface area (Å²) in [5.74, 6) is 5.45. The maximum absolute atomic E-state index is 13.9. The highest BCUT2D eigenvalue weighted by molar-refractivity contribution is 6.03. The molecule has 0 unspecified atom stereocenters. The second-order valence-electron chi connectivity index (χ2n) is 9.49. The van der Waals surface area contributed by atoms with Gasteiger partial charge in [-0.1, -0.05) is 12.0 Å². The predicted molar refractivity (Wildman–Crippen MR) is 140 cm³/mol. The van der Waals surface area contributed by atoms with Gasteiger partial charge < -0.3 is 10.2 Å². The number of piperazine rings is 1. The number of pyridine rings is 1. The van der Waals surface area contributed by atoms with Crippen LogP contribution in [0.2, 0.25) is 0 Å². The molecular formula is C28H26F3N7O. The minimum atomic E-state index is -4.55. The zero-order valence-electron chi connectivity index (χ0n) is 21.5. The molecule has 4 aromatic rings. The second kappa shape index (κ2) is 10.8. The summed E-state index contributed by atoms with van der Waals surface area (Å²) in [7, 11) is 1.99. The maximum atomic E-state index is 13.9. The van der Waals surface area contributed by atoms with Crippen molar-refractivity contribution in [1.82, 2.24) is 29.2 Å². The quantitative estimate of drug-likeness (QED) is 0.402. The highest BCUT2D eigenvalue weighted by atomic mass is 19.4. The van der Waals surface area contributed by atoms with E-state index in [9.17, 15) is 18.0 Å². The number of fused-ring (bicyclic) bond motifs is 1. The number of aryl methyl sites for hydroxylation is 1. The van der Waals surface area contributed by atoms with Crippen molar-refractivity contribution in [1.29, 1.82) is 0 Å². The van der Waals surface area contributed by atoms with Crippen molar-refractivity contribution < 1.29 is 18.0 Å². The van der Waals surface area contributed by atoms with Crippen molar-refractivity contribution >= 4 is 17.2 Å². The summed E-state index contributed by atoms with van der Waals surface area (Å²) in [4.78, 5) is 29.5. The molecule has 1 aromatic carbocycles. The smallest absolute Gasteiger partial charge is 0.321 e. The molecule has 1 N–H and O–H groups in total. The number of rotatable bonds is 4. The van der Waals surface area contributed by atoms with Gasteiger partial charge in [-0.15, -0.1) is 0 Å². The molecule has 1 aliphatic rings. The Morgan fingerprint density at radius 3 is 2.62 bits per heavy atom. The highest BCUT2D eigenvalue weighted by Gasteiger charge is 2.34. The number of aromatic nitrogens is 4. The lowest BCUT2D eigenvalue weighted by atomic mass is 10.0. The van der Waals surface area contributed by atoms with E-state index >= 15 is 0 Å². The summed E-state index contributed by atoms with van der Waals surface area (Å²) < 4.78 is 43.6. The van der Waals surface area contributed by atoms with Crippen LogP contribution in [-0.4, -0.2) is 68.3 Å². The molecule has 0 radical (unpaired) electrons. The monoisotopic (exact) mass is 533 g/mol. The van der Waals surface area contributed by atoms with Crippen LogP contribution < -0.4 is 5.32 Å². The molecule has 4 heterocycles. The first-order chi connectivity index (χ1) is 18.7. The molecule has 1 fully saturated rings. The summed E-state index contributed by atoms with van der Waals surface area (Å²) in [6.07, 6.45) is 3.58. The normalized spacial score (nSPS) is 14.7. The first-order valence-electron chi connectivity index (χ1n) is 12.4. The summed E-state index contributed by atoms with van der Waals surface area (Å²) in [5.41, 5.74) is 2.13. The number of nitrogens with one attached hydrogen (secondary N) is 1. The van der Waals surface area contributed by atoms with E-state index in [4.69, 9.17) is 0 Å². The van der Waals surface area contributed by atoms with Crippen LogP contribution in [0.4, 0.5) is 18.9 Å². The van der Waals surface area contributed by atoms with E-state index < -0.39 is 17.6 Å². The lowest BCUT2D eigenvalue weighted by molar-refractivity contribution is -0.138. The van der Waals surface area contributed by atoms with Crippen molar-refractivity contribution in [2.24, 2.45) is 0 Å². The number of imidazole rings is 1. The summed E-state index contributed by atoms with van der Waals surface area (Å²) >= 11 is 0. The minimum absolute atomic E-state index is 0.0438. The number of amides is 1. The third kappa shape index (κ3) is 6.08. The van der Waals surface area contributed by atoms with Gasteiger partial charge in [0.05, 0.1) is 18.0 Å². The Bertz CT molecular complexity index is 1580. The van der Waals surface area contributed by atoms with E-state index in [0.717, 1.165) is 24.7 Å². The number of benzene rings is 1. The van der Waals surface area contributed by atoms with Crippen LogP contribution in [0, 0.1) is 18.8 Å². The van der Waals surface area contributed by atoms with Gasteiger partial charge in [-0.2, -0.15) is 13.2 Å². The molecule has 1 saturated heterocycles. The molecule has 0 atom stereocenters. The van der Waals surface area contributed by atoms with Gasteiger partial charge in [-0.25, -0.2) is 4.98 Å². The SMILES string of the molecule is Cc1cnc(C(=O)Nc2ccc(CN3CCN(C)CC3)c(C(F)(F)F)c2)cc1C#Cc1cnc2cnccn12. The van der Waals surface area contributed by atoms with E-state index in [2.05, 4.69) is 37.0 Å². The summed E-state index contributed by atoms with van der Waals surface area (Å²) in [6.45, 7) is 5.02. The molecule has 11 heteroatoms.